The molecular weight excluding hydrogens is 559 g/mol. The molecule has 2 fully saturated rings. The number of amidine groups is 1. The van der Waals surface area contributed by atoms with E-state index in [4.69, 9.17) is 19.5 Å². The number of nitrogens with one attached hydrogen (secondary N) is 1. The summed E-state index contributed by atoms with van der Waals surface area (Å²) in [4.78, 5) is 17.8. The Bertz CT molecular complexity index is 1030. The summed E-state index contributed by atoms with van der Waals surface area (Å²) < 4.78 is 11.3. The monoisotopic (exact) mass is 600 g/mol. The van der Waals surface area contributed by atoms with Crippen molar-refractivity contribution in [1.29, 1.82) is 0 Å². The standard InChI is InChI=1S/C28H40N6O2.3ClH/c1-32-12-7-13-34(17-16-32)28-30-24-19-26(36-3)25(35-2)18-23(24)27(31-28)29-22-10-14-33(15-11-22)20-21-8-5-4-6-9-21;;;/h4-6,8-9,18-19,22-24H,7,10-17,20H2,1-3H3,(H,29,30,31);3*1H. The van der Waals surface area contributed by atoms with Crippen LogP contribution in [-0.4, -0.2) is 99.1 Å². The average molecular weight is 602 g/mol. The number of benzene rings is 1. The fourth-order valence-electron chi connectivity index (χ4n) is 5.53. The highest BCUT2D eigenvalue weighted by atomic mass is 35.5. The van der Waals surface area contributed by atoms with Crippen molar-refractivity contribution in [2.24, 2.45) is 15.9 Å². The van der Waals surface area contributed by atoms with Crippen LogP contribution in [0.3, 0.4) is 0 Å². The van der Waals surface area contributed by atoms with Gasteiger partial charge in [0.25, 0.3) is 0 Å². The number of ether oxygens (including phenoxy) is 2. The lowest BCUT2D eigenvalue weighted by Crippen LogP contribution is -2.54. The van der Waals surface area contributed by atoms with E-state index in [1.54, 1.807) is 14.2 Å². The molecule has 218 valence electrons. The van der Waals surface area contributed by atoms with Crippen LogP contribution in [0.25, 0.3) is 0 Å². The highest BCUT2D eigenvalue weighted by Crippen LogP contribution is 2.30. The number of likely N-dealkylation sites (tertiary alicyclic amines) is 1. The van der Waals surface area contributed by atoms with E-state index in [0.29, 0.717) is 6.04 Å². The molecule has 1 aliphatic carbocycles. The lowest BCUT2D eigenvalue weighted by Gasteiger charge is -2.37. The first kappa shape index (κ1) is 33.2. The summed E-state index contributed by atoms with van der Waals surface area (Å²) in [5, 5.41) is 3.66. The second kappa shape index (κ2) is 15.7. The molecule has 0 amide bonds. The summed E-state index contributed by atoms with van der Waals surface area (Å²) in [6, 6.07) is 11.0. The summed E-state index contributed by atoms with van der Waals surface area (Å²) in [6.45, 7) is 7.26. The molecule has 11 heteroatoms. The number of hydrogen-bond donors (Lipinski definition) is 1. The Morgan fingerprint density at radius 1 is 0.897 bits per heavy atom. The van der Waals surface area contributed by atoms with Crippen molar-refractivity contribution in [3.05, 3.63) is 59.6 Å². The summed E-state index contributed by atoms with van der Waals surface area (Å²) in [6.07, 6.45) is 7.47. The van der Waals surface area contributed by atoms with Gasteiger partial charge < -0.3 is 24.6 Å². The van der Waals surface area contributed by atoms with Crippen molar-refractivity contribution in [3.63, 3.8) is 0 Å². The van der Waals surface area contributed by atoms with Crippen LogP contribution in [-0.2, 0) is 16.0 Å². The molecule has 8 nitrogen and oxygen atoms in total. The molecule has 2 saturated heterocycles. The largest absolute Gasteiger partial charge is 0.493 e. The third-order valence-electron chi connectivity index (χ3n) is 7.68. The molecule has 5 rings (SSSR count). The molecule has 0 saturated carbocycles. The third kappa shape index (κ3) is 8.27. The molecular formula is C28H43Cl3N6O2. The van der Waals surface area contributed by atoms with Gasteiger partial charge in [0.15, 0.2) is 17.5 Å². The van der Waals surface area contributed by atoms with E-state index in [-0.39, 0.29) is 49.2 Å². The smallest absolute Gasteiger partial charge is 0.200 e. The number of hydrogen-bond acceptors (Lipinski definition) is 7. The molecule has 1 aromatic carbocycles. The van der Waals surface area contributed by atoms with Gasteiger partial charge in [0.2, 0.25) is 0 Å². The fraction of sp³-hybridized carbons (Fsp3) is 0.571. The van der Waals surface area contributed by atoms with Crippen molar-refractivity contribution >= 4 is 49.0 Å². The van der Waals surface area contributed by atoms with Gasteiger partial charge in [-0.25, -0.2) is 4.99 Å². The minimum Gasteiger partial charge on any atom is -0.493 e. The number of likely N-dealkylation sites (N-methyl/N-ethyl adjacent to an activating group) is 1. The minimum absolute atomic E-state index is 0. The number of aliphatic imine (C=N–C) groups is 2. The van der Waals surface area contributed by atoms with E-state index in [1.807, 2.05) is 0 Å². The van der Waals surface area contributed by atoms with Gasteiger partial charge in [-0.2, -0.15) is 0 Å². The highest BCUT2D eigenvalue weighted by Gasteiger charge is 2.36. The van der Waals surface area contributed by atoms with Crippen LogP contribution in [0.5, 0.6) is 0 Å². The second-order valence-electron chi connectivity index (χ2n) is 10.2. The number of halogens is 3. The van der Waals surface area contributed by atoms with Crippen molar-refractivity contribution in [2.45, 2.75) is 37.9 Å². The number of piperidine rings is 1. The second-order valence-corrected chi connectivity index (χ2v) is 10.2. The first-order valence-corrected chi connectivity index (χ1v) is 13.3. The molecule has 2 atom stereocenters. The van der Waals surface area contributed by atoms with E-state index in [2.05, 4.69) is 69.5 Å². The van der Waals surface area contributed by atoms with Gasteiger partial charge in [-0.15, -0.1) is 37.2 Å². The molecule has 0 radical (unpaired) electrons. The van der Waals surface area contributed by atoms with E-state index < -0.39 is 0 Å². The lowest BCUT2D eigenvalue weighted by molar-refractivity contribution is 0.205. The number of nitrogens with zero attached hydrogens (tertiary/aromatic N) is 5. The van der Waals surface area contributed by atoms with Gasteiger partial charge in [0, 0.05) is 39.3 Å². The number of fused-ring (bicyclic) bond motifs is 1. The molecule has 3 aliphatic heterocycles. The molecule has 0 bridgehead atoms. The minimum atomic E-state index is -0.0481. The molecule has 2 unspecified atom stereocenters. The quantitative estimate of drug-likeness (QED) is 0.551. The fourth-order valence-corrected chi connectivity index (χ4v) is 5.53. The summed E-state index contributed by atoms with van der Waals surface area (Å²) in [5.41, 5.74) is 1.38. The van der Waals surface area contributed by atoms with Crippen molar-refractivity contribution in [3.8, 4) is 0 Å². The maximum Gasteiger partial charge on any atom is 0.200 e. The predicted molar refractivity (Wildman–Crippen MR) is 166 cm³/mol. The zero-order chi connectivity index (χ0) is 24.9. The Morgan fingerprint density at radius 2 is 1.59 bits per heavy atom. The Balaban J connectivity index is 0.00000178. The van der Waals surface area contributed by atoms with Crippen LogP contribution in [0.4, 0.5) is 0 Å². The molecule has 1 aromatic rings. The molecule has 1 N–H and O–H groups in total. The summed E-state index contributed by atoms with van der Waals surface area (Å²) in [7, 11) is 5.57. The van der Waals surface area contributed by atoms with E-state index in [0.717, 1.165) is 88.4 Å². The Kier molecular flexibility index (Phi) is 13.4. The number of rotatable bonds is 5. The summed E-state index contributed by atoms with van der Waals surface area (Å²) >= 11 is 0. The van der Waals surface area contributed by atoms with Gasteiger partial charge >= 0.3 is 0 Å². The van der Waals surface area contributed by atoms with Crippen LogP contribution in [0.2, 0.25) is 0 Å². The SMILES string of the molecule is COC1=CC2N=C(N3CCCN(C)CC3)NC(=NC3CCN(Cc4ccccc4)CC3)C2C=C1OC.Cl.Cl.Cl. The van der Waals surface area contributed by atoms with E-state index in [9.17, 15) is 0 Å². The van der Waals surface area contributed by atoms with Crippen LogP contribution in [0.15, 0.2) is 64.0 Å². The molecule has 0 spiro atoms. The topological polar surface area (TPSA) is 64.9 Å². The van der Waals surface area contributed by atoms with Crippen molar-refractivity contribution in [2.75, 3.05) is 60.5 Å². The molecule has 0 aromatic heterocycles. The lowest BCUT2D eigenvalue weighted by atomic mass is 9.90. The summed E-state index contributed by atoms with van der Waals surface area (Å²) in [5.74, 6) is 3.46. The Hall–Kier alpha value is -1.97. The first-order valence-electron chi connectivity index (χ1n) is 13.3. The zero-order valence-corrected chi connectivity index (χ0v) is 25.6. The van der Waals surface area contributed by atoms with Gasteiger partial charge in [-0.3, -0.25) is 9.89 Å². The highest BCUT2D eigenvalue weighted by molar-refractivity contribution is 6.04. The van der Waals surface area contributed by atoms with Gasteiger partial charge in [0.1, 0.15) is 5.84 Å². The van der Waals surface area contributed by atoms with Crippen LogP contribution < -0.4 is 5.32 Å². The molecule has 4 aliphatic rings. The molecule has 39 heavy (non-hydrogen) atoms. The van der Waals surface area contributed by atoms with Crippen LogP contribution in [0.1, 0.15) is 24.8 Å². The maximum atomic E-state index is 5.64. The number of methoxy groups -OCH3 is 2. The normalized spacial score (nSPS) is 25.3. The zero-order valence-electron chi connectivity index (χ0n) is 23.1. The third-order valence-corrected chi connectivity index (χ3v) is 7.68. The van der Waals surface area contributed by atoms with Gasteiger partial charge in [-0.05, 0) is 50.6 Å². The van der Waals surface area contributed by atoms with E-state index in [1.165, 1.54) is 5.56 Å². The molecule has 3 heterocycles. The Labute approximate surface area is 251 Å². The first-order chi connectivity index (χ1) is 17.6. The van der Waals surface area contributed by atoms with E-state index >= 15 is 0 Å². The van der Waals surface area contributed by atoms with Crippen LogP contribution >= 0.6 is 37.2 Å². The van der Waals surface area contributed by atoms with Crippen molar-refractivity contribution < 1.29 is 9.47 Å². The van der Waals surface area contributed by atoms with Crippen LogP contribution in [0, 0.1) is 5.92 Å². The van der Waals surface area contributed by atoms with Crippen molar-refractivity contribution in [1.82, 2.24) is 20.0 Å². The average Bonchev–Trinajstić information content (AvgIpc) is 3.14. The van der Waals surface area contributed by atoms with Gasteiger partial charge in [-0.1, -0.05) is 30.3 Å². The number of guanidine groups is 1. The maximum absolute atomic E-state index is 5.64. The van der Waals surface area contributed by atoms with Gasteiger partial charge in [0.05, 0.1) is 32.2 Å². The Morgan fingerprint density at radius 3 is 2.28 bits per heavy atom. The predicted octanol–water partition coefficient (Wildman–Crippen LogP) is 3.97.